The predicted molar refractivity (Wildman–Crippen MR) is 46.6 cm³/mol. The van der Waals surface area contributed by atoms with Gasteiger partial charge in [-0.05, 0) is 6.42 Å². The largest absolute Gasteiger partial charge is 1.00 e. The van der Waals surface area contributed by atoms with Crippen molar-refractivity contribution in [1.82, 2.24) is 0 Å². The summed E-state index contributed by atoms with van der Waals surface area (Å²) in [6.07, 6.45) is -0.677. The number of carbonyl (C=O) groups is 1. The van der Waals surface area contributed by atoms with E-state index in [0.717, 1.165) is 17.9 Å². The number of carboxylic acid groups (broad SMARTS) is 1. The summed E-state index contributed by atoms with van der Waals surface area (Å²) < 4.78 is 4.20. The van der Waals surface area contributed by atoms with Crippen molar-refractivity contribution >= 4 is 27.7 Å². The topological polar surface area (TPSA) is 49.4 Å². The molecule has 0 atom stereocenters. The van der Waals surface area contributed by atoms with Crippen LogP contribution in [0.5, 0.6) is 0 Å². The third kappa shape index (κ3) is 14.1. The van der Waals surface area contributed by atoms with Gasteiger partial charge in [0.05, 0.1) is 0 Å². The van der Waals surface area contributed by atoms with Crippen LogP contribution in [0.1, 0.15) is 13.3 Å². The van der Waals surface area contributed by atoms with E-state index in [0.29, 0.717) is 0 Å². The van der Waals surface area contributed by atoms with Crippen LogP contribution in [0.4, 0.5) is 4.79 Å². The molecule has 0 unspecified atom stereocenters. The molecule has 0 amide bonds. The van der Waals surface area contributed by atoms with Crippen LogP contribution in [0.25, 0.3) is 0 Å². The molecule has 0 fully saturated rings. The summed E-state index contributed by atoms with van der Waals surface area (Å²) in [5, 5.41) is 9.74. The molecule has 0 rings (SSSR count). The fraction of sp³-hybridized carbons (Fsp3) is 0.833. The van der Waals surface area contributed by atoms with Gasteiger partial charge in [-0.25, -0.2) is 0 Å². The molecule has 0 saturated carbocycles. The van der Waals surface area contributed by atoms with Crippen molar-refractivity contribution in [3.8, 4) is 0 Å². The van der Waals surface area contributed by atoms with Crippen molar-refractivity contribution in [3.63, 3.8) is 0 Å². The van der Waals surface area contributed by atoms with Crippen LogP contribution in [0.15, 0.2) is 0 Å². The van der Waals surface area contributed by atoms with Crippen molar-refractivity contribution in [3.05, 3.63) is 0 Å². The minimum absolute atomic E-state index is 0. The summed E-state index contributed by atoms with van der Waals surface area (Å²) in [6.45, 7) is 2.33. The molecule has 0 aliphatic heterocycles. The summed E-state index contributed by atoms with van der Waals surface area (Å²) in [7, 11) is 3.49. The van der Waals surface area contributed by atoms with Crippen molar-refractivity contribution in [2.75, 3.05) is 18.1 Å². The Labute approximate surface area is 123 Å². The first kappa shape index (κ1) is 16.1. The Morgan fingerprint density at radius 3 is 2.67 bits per heavy atom. The van der Waals surface area contributed by atoms with Crippen LogP contribution in [-0.2, 0) is 4.74 Å². The summed E-state index contributed by atoms with van der Waals surface area (Å²) >= 11 is 0. The van der Waals surface area contributed by atoms with Crippen LogP contribution in [-0.4, -0.2) is 24.3 Å². The Kier molecular flexibility index (Phi) is 16.9. The summed E-state index contributed by atoms with van der Waals surface area (Å²) in [5.74, 6) is 2.00. The molecule has 0 aromatic heterocycles. The van der Waals surface area contributed by atoms with E-state index >= 15 is 0 Å². The summed E-state index contributed by atoms with van der Waals surface area (Å²) in [4.78, 5) is 9.74. The molecule has 0 bridgehead atoms. The quantitative estimate of drug-likeness (QED) is 0.233. The SMILES string of the molecule is CCSSCCCOC(=O)[O-].[K+]. The van der Waals surface area contributed by atoms with Crippen molar-refractivity contribution in [1.29, 1.82) is 0 Å². The second-order valence-corrected chi connectivity index (χ2v) is 4.55. The predicted octanol–water partition coefficient (Wildman–Crippen LogP) is -1.86. The maximum Gasteiger partial charge on any atom is 1.00 e. The first-order chi connectivity index (χ1) is 5.27. The van der Waals surface area contributed by atoms with E-state index in [4.69, 9.17) is 0 Å². The van der Waals surface area contributed by atoms with Crippen molar-refractivity contribution in [2.45, 2.75) is 13.3 Å². The molecular weight excluding hydrogens is 223 g/mol. The fourth-order valence-corrected chi connectivity index (χ4v) is 2.14. The van der Waals surface area contributed by atoms with E-state index in [1.165, 1.54) is 0 Å². The maximum atomic E-state index is 9.74. The number of hydrogen-bond donors (Lipinski definition) is 0. The molecule has 0 aliphatic carbocycles. The minimum atomic E-state index is -1.43. The zero-order chi connectivity index (χ0) is 8.53. The number of ether oxygens (including phenoxy) is 1. The van der Waals surface area contributed by atoms with Crippen molar-refractivity contribution < 1.29 is 66.0 Å². The van der Waals surface area contributed by atoms with Gasteiger partial charge >= 0.3 is 51.4 Å². The Bertz CT molecular complexity index is 113. The van der Waals surface area contributed by atoms with Gasteiger partial charge in [0.1, 0.15) is 0 Å². The van der Waals surface area contributed by atoms with Gasteiger partial charge in [-0.3, -0.25) is 0 Å². The second-order valence-electron chi connectivity index (χ2n) is 1.68. The first-order valence-electron chi connectivity index (χ1n) is 3.35. The normalized spacial score (nSPS) is 8.75. The Hall–Kier alpha value is 1.61. The van der Waals surface area contributed by atoms with Gasteiger partial charge in [0, 0.05) is 18.1 Å². The van der Waals surface area contributed by atoms with Gasteiger partial charge in [0.25, 0.3) is 6.16 Å². The molecule has 66 valence electrons. The van der Waals surface area contributed by atoms with Gasteiger partial charge in [-0.2, -0.15) is 0 Å². The van der Waals surface area contributed by atoms with E-state index < -0.39 is 6.16 Å². The molecule has 3 nitrogen and oxygen atoms in total. The standard InChI is InChI=1S/C6H12O3S2.K/c1-2-10-11-5-3-4-9-6(7)8;/h2-5H2,1H3,(H,7,8);/q;+1/p-1. The van der Waals surface area contributed by atoms with E-state index in [2.05, 4.69) is 11.7 Å². The minimum Gasteiger partial charge on any atom is -0.550 e. The molecule has 0 spiro atoms. The molecule has 0 heterocycles. The van der Waals surface area contributed by atoms with Gasteiger partial charge in [0.15, 0.2) is 0 Å². The van der Waals surface area contributed by atoms with Crippen LogP contribution in [0.3, 0.4) is 0 Å². The van der Waals surface area contributed by atoms with Crippen LogP contribution in [0.2, 0.25) is 0 Å². The van der Waals surface area contributed by atoms with Gasteiger partial charge in [-0.15, -0.1) is 0 Å². The molecule has 6 heteroatoms. The molecule has 0 aliphatic rings. The maximum absolute atomic E-state index is 9.74. The van der Waals surface area contributed by atoms with Crippen LogP contribution < -0.4 is 56.5 Å². The number of rotatable bonds is 6. The Morgan fingerprint density at radius 2 is 2.17 bits per heavy atom. The van der Waals surface area contributed by atoms with E-state index in [-0.39, 0.29) is 58.0 Å². The van der Waals surface area contributed by atoms with Crippen molar-refractivity contribution in [2.24, 2.45) is 0 Å². The van der Waals surface area contributed by atoms with Crippen LogP contribution in [0, 0.1) is 0 Å². The number of hydrogen-bond acceptors (Lipinski definition) is 5. The van der Waals surface area contributed by atoms with Gasteiger partial charge in [-0.1, -0.05) is 28.5 Å². The average molecular weight is 234 g/mol. The third-order valence-corrected chi connectivity index (χ3v) is 3.36. The second kappa shape index (κ2) is 12.6. The molecule has 12 heavy (non-hydrogen) atoms. The van der Waals surface area contributed by atoms with E-state index in [1.54, 1.807) is 21.6 Å². The molecule has 0 aromatic rings. The molecule has 0 aromatic carbocycles. The van der Waals surface area contributed by atoms with Crippen LogP contribution >= 0.6 is 21.6 Å². The van der Waals surface area contributed by atoms with E-state index in [1.807, 2.05) is 0 Å². The average Bonchev–Trinajstić information content (AvgIpc) is 1.96. The van der Waals surface area contributed by atoms with Gasteiger partial charge in [0.2, 0.25) is 0 Å². The number of carbonyl (C=O) groups excluding carboxylic acids is 1. The molecule has 0 N–H and O–H groups in total. The molecule has 0 saturated heterocycles. The Balaban J connectivity index is 0. The summed E-state index contributed by atoms with van der Waals surface area (Å²) in [5.41, 5.74) is 0. The zero-order valence-corrected chi connectivity index (χ0v) is 12.1. The summed E-state index contributed by atoms with van der Waals surface area (Å²) in [6, 6.07) is 0. The first-order valence-corrected chi connectivity index (χ1v) is 5.84. The van der Waals surface area contributed by atoms with Gasteiger partial charge < -0.3 is 14.6 Å². The molecule has 0 radical (unpaired) electrons. The Morgan fingerprint density at radius 1 is 1.50 bits per heavy atom. The van der Waals surface area contributed by atoms with E-state index in [9.17, 15) is 9.90 Å². The monoisotopic (exact) mass is 234 g/mol. The smallest absolute Gasteiger partial charge is 0.550 e. The third-order valence-electron chi connectivity index (χ3n) is 0.793. The molecular formula is C6H11KO3S2. The zero-order valence-electron chi connectivity index (χ0n) is 7.37. The fourth-order valence-electron chi connectivity index (χ4n) is 0.416.